The highest BCUT2D eigenvalue weighted by Crippen LogP contribution is 2.33. The molecule has 3 rings (SSSR count). The van der Waals surface area contributed by atoms with E-state index in [-0.39, 0.29) is 0 Å². The molecule has 0 N–H and O–H groups in total. The van der Waals surface area contributed by atoms with E-state index in [9.17, 15) is 0 Å². The van der Waals surface area contributed by atoms with Crippen molar-refractivity contribution < 1.29 is 14.2 Å². The van der Waals surface area contributed by atoms with E-state index < -0.39 is 0 Å². The lowest BCUT2D eigenvalue weighted by Gasteiger charge is -2.00. The van der Waals surface area contributed by atoms with Crippen LogP contribution in [0.1, 0.15) is 11.1 Å². The van der Waals surface area contributed by atoms with Gasteiger partial charge in [-0.15, -0.1) is 0 Å². The first-order valence-electron chi connectivity index (χ1n) is 6.07. The molecule has 2 aromatic carbocycles. The molecule has 1 aliphatic heterocycles. The second-order valence-electron chi connectivity index (χ2n) is 4.22. The van der Waals surface area contributed by atoms with Crippen LogP contribution in [0.25, 0.3) is 12.2 Å². The number of benzene rings is 2. The zero-order valence-corrected chi connectivity index (χ0v) is 10.6. The third-order valence-corrected chi connectivity index (χ3v) is 2.96. The molecule has 0 fully saturated rings. The topological polar surface area (TPSA) is 27.7 Å². The molecular formula is C16H14O3. The number of fused-ring (bicyclic) bond motifs is 1. The molecule has 0 spiro atoms. The number of ether oxygens (including phenoxy) is 3. The molecule has 0 atom stereocenters. The van der Waals surface area contributed by atoms with Gasteiger partial charge in [0.2, 0.25) is 6.79 Å². The summed E-state index contributed by atoms with van der Waals surface area (Å²) in [4.78, 5) is 0. The van der Waals surface area contributed by atoms with Gasteiger partial charge in [0.05, 0.1) is 7.11 Å². The molecule has 0 amide bonds. The van der Waals surface area contributed by atoms with E-state index in [4.69, 9.17) is 14.2 Å². The predicted octanol–water partition coefficient (Wildman–Crippen LogP) is 3.59. The summed E-state index contributed by atoms with van der Waals surface area (Å²) in [5.74, 6) is 2.46. The minimum absolute atomic E-state index is 0.304. The number of methoxy groups -OCH3 is 1. The van der Waals surface area contributed by atoms with Gasteiger partial charge in [0.1, 0.15) is 5.75 Å². The van der Waals surface area contributed by atoms with Crippen LogP contribution in [0.3, 0.4) is 0 Å². The van der Waals surface area contributed by atoms with E-state index in [1.807, 2.05) is 54.6 Å². The Labute approximate surface area is 112 Å². The number of rotatable bonds is 3. The first-order valence-corrected chi connectivity index (χ1v) is 6.07. The van der Waals surface area contributed by atoms with Crippen LogP contribution >= 0.6 is 0 Å². The second-order valence-corrected chi connectivity index (χ2v) is 4.22. The van der Waals surface area contributed by atoms with Crippen molar-refractivity contribution >= 4 is 12.2 Å². The Hall–Kier alpha value is -2.42. The third kappa shape index (κ3) is 2.55. The minimum atomic E-state index is 0.304. The van der Waals surface area contributed by atoms with Crippen molar-refractivity contribution in [1.82, 2.24) is 0 Å². The van der Waals surface area contributed by atoms with Crippen LogP contribution in [0.2, 0.25) is 0 Å². The Bertz CT molecular complexity index is 617. The quantitative estimate of drug-likeness (QED) is 0.783. The van der Waals surface area contributed by atoms with E-state index in [0.29, 0.717) is 6.79 Å². The summed E-state index contributed by atoms with van der Waals surface area (Å²) in [6, 6.07) is 13.8. The molecule has 0 unspecified atom stereocenters. The SMILES string of the molecule is COc1cccc(C=Cc2ccc3c(c2)OCO3)c1. The third-order valence-electron chi connectivity index (χ3n) is 2.96. The van der Waals surface area contributed by atoms with E-state index in [2.05, 4.69) is 0 Å². The summed E-state index contributed by atoms with van der Waals surface area (Å²) >= 11 is 0. The lowest BCUT2D eigenvalue weighted by molar-refractivity contribution is 0.174. The molecule has 0 aromatic heterocycles. The van der Waals surface area contributed by atoms with Gasteiger partial charge in [-0.2, -0.15) is 0 Å². The highest BCUT2D eigenvalue weighted by molar-refractivity contribution is 5.71. The van der Waals surface area contributed by atoms with Crippen molar-refractivity contribution in [3.8, 4) is 17.2 Å². The van der Waals surface area contributed by atoms with Gasteiger partial charge in [-0.1, -0.05) is 30.4 Å². The van der Waals surface area contributed by atoms with Crippen molar-refractivity contribution in [3.63, 3.8) is 0 Å². The van der Waals surface area contributed by atoms with Gasteiger partial charge >= 0.3 is 0 Å². The average Bonchev–Trinajstić information content (AvgIpc) is 2.93. The molecule has 96 valence electrons. The van der Waals surface area contributed by atoms with Gasteiger partial charge in [-0.3, -0.25) is 0 Å². The molecule has 2 aromatic rings. The average molecular weight is 254 g/mol. The molecule has 1 aliphatic rings. The second kappa shape index (κ2) is 5.06. The first-order chi connectivity index (χ1) is 9.35. The van der Waals surface area contributed by atoms with Crippen LogP contribution in [-0.2, 0) is 0 Å². The van der Waals surface area contributed by atoms with Crippen LogP contribution < -0.4 is 14.2 Å². The number of hydrogen-bond donors (Lipinski definition) is 0. The Kier molecular flexibility index (Phi) is 3.11. The summed E-state index contributed by atoms with van der Waals surface area (Å²) in [6.45, 7) is 0.304. The highest BCUT2D eigenvalue weighted by atomic mass is 16.7. The molecule has 19 heavy (non-hydrogen) atoms. The van der Waals surface area contributed by atoms with Crippen LogP contribution in [0.5, 0.6) is 17.2 Å². The van der Waals surface area contributed by atoms with Crippen LogP contribution in [0.15, 0.2) is 42.5 Å². The Balaban J connectivity index is 1.82. The maximum Gasteiger partial charge on any atom is 0.231 e. The van der Waals surface area contributed by atoms with Crippen molar-refractivity contribution in [2.75, 3.05) is 13.9 Å². The maximum absolute atomic E-state index is 5.35. The maximum atomic E-state index is 5.35. The van der Waals surface area contributed by atoms with Crippen molar-refractivity contribution in [2.24, 2.45) is 0 Å². The van der Waals surface area contributed by atoms with Gasteiger partial charge < -0.3 is 14.2 Å². The Morgan fingerprint density at radius 2 is 1.74 bits per heavy atom. The van der Waals surface area contributed by atoms with Gasteiger partial charge in [0.15, 0.2) is 11.5 Å². The molecule has 0 saturated heterocycles. The predicted molar refractivity (Wildman–Crippen MR) is 74.5 cm³/mol. The summed E-state index contributed by atoms with van der Waals surface area (Å²) in [7, 11) is 1.67. The van der Waals surface area contributed by atoms with E-state index in [1.54, 1.807) is 7.11 Å². The van der Waals surface area contributed by atoms with Crippen LogP contribution in [-0.4, -0.2) is 13.9 Å². The molecular weight excluding hydrogens is 240 g/mol. The van der Waals surface area contributed by atoms with Crippen LogP contribution in [0.4, 0.5) is 0 Å². The molecule has 0 bridgehead atoms. The standard InChI is InChI=1S/C16H14O3/c1-17-14-4-2-3-12(9-14)5-6-13-7-8-15-16(10-13)19-11-18-15/h2-10H,11H2,1H3. The highest BCUT2D eigenvalue weighted by Gasteiger charge is 2.11. The van der Waals surface area contributed by atoms with Gasteiger partial charge in [-0.05, 0) is 35.4 Å². The zero-order chi connectivity index (χ0) is 13.1. The summed E-state index contributed by atoms with van der Waals surface area (Å²) < 4.78 is 15.8. The largest absolute Gasteiger partial charge is 0.497 e. The lowest BCUT2D eigenvalue weighted by atomic mass is 10.1. The van der Waals surface area contributed by atoms with Crippen molar-refractivity contribution in [2.45, 2.75) is 0 Å². The van der Waals surface area contributed by atoms with E-state index in [1.165, 1.54) is 0 Å². The summed E-state index contributed by atoms with van der Waals surface area (Å²) in [6.07, 6.45) is 4.08. The fourth-order valence-corrected chi connectivity index (χ4v) is 1.95. The van der Waals surface area contributed by atoms with Gasteiger partial charge in [-0.25, -0.2) is 0 Å². The zero-order valence-electron chi connectivity index (χ0n) is 10.6. The van der Waals surface area contributed by atoms with Crippen molar-refractivity contribution in [3.05, 3.63) is 53.6 Å². The smallest absolute Gasteiger partial charge is 0.231 e. The molecule has 0 saturated carbocycles. The van der Waals surface area contributed by atoms with E-state index >= 15 is 0 Å². The van der Waals surface area contributed by atoms with E-state index in [0.717, 1.165) is 28.4 Å². The first kappa shape index (κ1) is 11.7. The fourth-order valence-electron chi connectivity index (χ4n) is 1.95. The molecule has 3 nitrogen and oxygen atoms in total. The molecule has 3 heteroatoms. The molecule has 0 radical (unpaired) electrons. The van der Waals surface area contributed by atoms with Crippen LogP contribution in [0, 0.1) is 0 Å². The molecule has 1 heterocycles. The monoisotopic (exact) mass is 254 g/mol. The normalized spacial score (nSPS) is 12.9. The Morgan fingerprint density at radius 1 is 0.947 bits per heavy atom. The number of hydrogen-bond acceptors (Lipinski definition) is 3. The van der Waals surface area contributed by atoms with Gasteiger partial charge in [0, 0.05) is 0 Å². The van der Waals surface area contributed by atoms with Gasteiger partial charge in [0.25, 0.3) is 0 Å². The minimum Gasteiger partial charge on any atom is -0.497 e. The molecule has 0 aliphatic carbocycles. The lowest BCUT2D eigenvalue weighted by Crippen LogP contribution is -1.92. The fraction of sp³-hybridized carbons (Fsp3) is 0.125. The van der Waals surface area contributed by atoms with Crippen molar-refractivity contribution in [1.29, 1.82) is 0 Å². The summed E-state index contributed by atoms with van der Waals surface area (Å²) in [5, 5.41) is 0. The Morgan fingerprint density at radius 3 is 2.58 bits per heavy atom. The summed E-state index contributed by atoms with van der Waals surface area (Å²) in [5.41, 5.74) is 2.17.